The highest BCUT2D eigenvalue weighted by Gasteiger charge is 2.21. The molecule has 4 nitrogen and oxygen atoms in total. The molecular weight excluding hydrogens is 362 g/mol. The Morgan fingerprint density at radius 3 is 2.48 bits per heavy atom. The van der Waals surface area contributed by atoms with Gasteiger partial charge in [0.2, 0.25) is 0 Å². The quantitative estimate of drug-likeness (QED) is 0.437. The van der Waals surface area contributed by atoms with Gasteiger partial charge in [-0.25, -0.2) is 0 Å². The number of carbonyl (C=O) groups excluding carboxylic acids is 1. The number of anilines is 1. The van der Waals surface area contributed by atoms with Crippen molar-refractivity contribution in [1.82, 2.24) is 0 Å². The van der Waals surface area contributed by atoms with Crippen molar-refractivity contribution in [3.8, 4) is 0 Å². The zero-order valence-electron chi connectivity index (χ0n) is 16.4. The average molecular weight is 385 g/mol. The number of hydrogen-bond donors (Lipinski definition) is 1. The first kappa shape index (κ1) is 19.0. The third kappa shape index (κ3) is 4.23. The van der Waals surface area contributed by atoms with Crippen molar-refractivity contribution < 1.29 is 13.9 Å². The summed E-state index contributed by atoms with van der Waals surface area (Å²) in [5.41, 5.74) is 4.49. The van der Waals surface area contributed by atoms with E-state index in [0.717, 1.165) is 28.6 Å². The molecule has 0 bridgehead atoms. The molecule has 4 rings (SSSR count). The molecule has 0 saturated heterocycles. The van der Waals surface area contributed by atoms with Crippen molar-refractivity contribution in [3.63, 3.8) is 0 Å². The van der Waals surface area contributed by atoms with Crippen LogP contribution in [0.4, 0.5) is 5.69 Å². The van der Waals surface area contributed by atoms with Gasteiger partial charge >= 0.3 is 0 Å². The average Bonchev–Trinajstić information content (AvgIpc) is 3.13. The number of furan rings is 1. The lowest BCUT2D eigenvalue weighted by Crippen LogP contribution is -2.14. The third-order valence-corrected chi connectivity index (χ3v) is 4.86. The maximum atomic E-state index is 13.1. The van der Waals surface area contributed by atoms with Gasteiger partial charge < -0.3 is 14.5 Å². The fourth-order valence-electron chi connectivity index (χ4n) is 3.42. The van der Waals surface area contributed by atoms with E-state index in [1.165, 1.54) is 5.56 Å². The van der Waals surface area contributed by atoms with Gasteiger partial charge in [0.1, 0.15) is 5.58 Å². The number of fused-ring (bicyclic) bond motifs is 1. The number of nitrogens with one attached hydrogen (secondary N) is 1. The number of benzene rings is 3. The number of amides is 1. The maximum Gasteiger partial charge on any atom is 0.291 e. The number of carbonyl (C=O) groups is 1. The largest absolute Gasteiger partial charge is 0.451 e. The molecule has 0 fully saturated rings. The van der Waals surface area contributed by atoms with Crippen LogP contribution in [0.1, 0.15) is 34.2 Å². The molecule has 1 N–H and O–H groups in total. The van der Waals surface area contributed by atoms with Crippen LogP contribution in [-0.4, -0.2) is 12.5 Å². The van der Waals surface area contributed by atoms with E-state index < -0.39 is 0 Å². The monoisotopic (exact) mass is 385 g/mol. The Labute approximate surface area is 170 Å². The van der Waals surface area contributed by atoms with Gasteiger partial charge in [0.05, 0.1) is 6.61 Å². The lowest BCUT2D eigenvalue weighted by atomic mass is 10.0. The Balaban J connectivity index is 1.63. The second-order valence-corrected chi connectivity index (χ2v) is 6.82. The third-order valence-electron chi connectivity index (χ3n) is 4.86. The fraction of sp³-hybridized carbons (Fsp3) is 0.160. The van der Waals surface area contributed by atoms with E-state index in [9.17, 15) is 4.79 Å². The lowest BCUT2D eigenvalue weighted by molar-refractivity contribution is 0.0984. The normalized spacial score (nSPS) is 10.9. The summed E-state index contributed by atoms with van der Waals surface area (Å²) < 4.78 is 11.5. The van der Waals surface area contributed by atoms with E-state index in [1.54, 1.807) is 0 Å². The summed E-state index contributed by atoms with van der Waals surface area (Å²) in [7, 11) is 0. The predicted octanol–water partition coefficient (Wildman–Crippen LogP) is 5.81. The van der Waals surface area contributed by atoms with Crippen molar-refractivity contribution in [1.29, 1.82) is 0 Å². The van der Waals surface area contributed by atoms with Crippen LogP contribution in [0, 0.1) is 0 Å². The van der Waals surface area contributed by atoms with Gasteiger partial charge in [-0.15, -0.1) is 0 Å². The molecule has 4 aromatic rings. The van der Waals surface area contributed by atoms with Crippen LogP contribution in [0.5, 0.6) is 0 Å². The highest BCUT2D eigenvalue weighted by molar-refractivity contribution is 6.06. The molecule has 0 aliphatic rings. The minimum atomic E-state index is -0.267. The first-order valence-electron chi connectivity index (χ1n) is 9.77. The van der Waals surface area contributed by atoms with E-state index >= 15 is 0 Å². The summed E-state index contributed by atoms with van der Waals surface area (Å²) in [6.45, 7) is 2.84. The van der Waals surface area contributed by atoms with E-state index in [4.69, 9.17) is 9.15 Å². The Hall–Kier alpha value is -3.37. The Bertz CT molecular complexity index is 1120. The van der Waals surface area contributed by atoms with Crippen LogP contribution in [-0.2, 0) is 17.8 Å². The highest BCUT2D eigenvalue weighted by atomic mass is 16.5. The molecule has 0 aliphatic carbocycles. The molecule has 4 heteroatoms. The highest BCUT2D eigenvalue weighted by Crippen LogP contribution is 2.28. The molecule has 0 atom stereocenters. The van der Waals surface area contributed by atoms with Gasteiger partial charge in [0, 0.05) is 23.2 Å². The van der Waals surface area contributed by atoms with Gasteiger partial charge in [0.15, 0.2) is 5.76 Å². The van der Waals surface area contributed by atoms with E-state index in [1.807, 2.05) is 73.7 Å². The molecule has 29 heavy (non-hydrogen) atoms. The molecule has 1 aromatic heterocycles. The molecule has 0 spiro atoms. The molecule has 146 valence electrons. The van der Waals surface area contributed by atoms with Crippen molar-refractivity contribution in [3.05, 3.63) is 101 Å². The van der Waals surface area contributed by atoms with Gasteiger partial charge in [0.25, 0.3) is 5.91 Å². The summed E-state index contributed by atoms with van der Waals surface area (Å²) in [6.07, 6.45) is 0.739. The molecular formula is C25H23NO3. The van der Waals surface area contributed by atoms with Crippen LogP contribution in [0.15, 0.2) is 83.3 Å². The van der Waals surface area contributed by atoms with Crippen molar-refractivity contribution in [2.45, 2.75) is 20.0 Å². The van der Waals surface area contributed by atoms with Gasteiger partial charge in [-0.3, -0.25) is 4.79 Å². The number of hydrogen-bond acceptors (Lipinski definition) is 3. The van der Waals surface area contributed by atoms with E-state index in [2.05, 4.69) is 17.4 Å². The van der Waals surface area contributed by atoms with Crippen molar-refractivity contribution >= 4 is 22.6 Å². The summed E-state index contributed by atoms with van der Waals surface area (Å²) in [4.78, 5) is 13.1. The predicted molar refractivity (Wildman–Crippen MR) is 115 cm³/mol. The maximum absolute atomic E-state index is 13.1. The van der Waals surface area contributed by atoms with E-state index in [-0.39, 0.29) is 5.91 Å². The minimum absolute atomic E-state index is 0.267. The van der Waals surface area contributed by atoms with Gasteiger partial charge in [-0.1, -0.05) is 66.7 Å². The molecule has 1 amide bonds. The van der Waals surface area contributed by atoms with Crippen molar-refractivity contribution in [2.24, 2.45) is 0 Å². The second kappa shape index (κ2) is 8.76. The molecule has 0 aliphatic heterocycles. The Kier molecular flexibility index (Phi) is 5.73. The van der Waals surface area contributed by atoms with Gasteiger partial charge in [-0.2, -0.15) is 0 Å². The fourth-order valence-corrected chi connectivity index (χ4v) is 3.42. The molecule has 0 saturated carbocycles. The van der Waals surface area contributed by atoms with Crippen LogP contribution >= 0.6 is 0 Å². The van der Waals surface area contributed by atoms with Crippen LogP contribution in [0.2, 0.25) is 0 Å². The van der Waals surface area contributed by atoms with Crippen LogP contribution in [0.25, 0.3) is 11.0 Å². The second-order valence-electron chi connectivity index (χ2n) is 6.82. The smallest absolute Gasteiger partial charge is 0.291 e. The molecule has 0 unspecified atom stereocenters. The zero-order valence-corrected chi connectivity index (χ0v) is 16.4. The van der Waals surface area contributed by atoms with Gasteiger partial charge in [-0.05, 0) is 36.6 Å². The summed E-state index contributed by atoms with van der Waals surface area (Å²) in [6, 6.07) is 25.7. The summed E-state index contributed by atoms with van der Waals surface area (Å²) in [5, 5.41) is 3.94. The number of ether oxygens (including phenoxy) is 1. The lowest BCUT2D eigenvalue weighted by Gasteiger charge is -2.11. The summed E-state index contributed by atoms with van der Waals surface area (Å²) >= 11 is 0. The molecule has 0 radical (unpaired) electrons. The SMILES string of the molecule is CCOCc1c(C(=O)Nc2ccccc2Cc2ccccc2)oc2ccccc12. The first-order valence-corrected chi connectivity index (χ1v) is 9.77. The minimum Gasteiger partial charge on any atom is -0.451 e. The molecule has 1 heterocycles. The Morgan fingerprint density at radius 1 is 0.931 bits per heavy atom. The van der Waals surface area contributed by atoms with Crippen LogP contribution in [0.3, 0.4) is 0 Å². The topological polar surface area (TPSA) is 51.5 Å². The Morgan fingerprint density at radius 2 is 1.66 bits per heavy atom. The molecule has 3 aromatic carbocycles. The van der Waals surface area contributed by atoms with Crippen molar-refractivity contribution in [2.75, 3.05) is 11.9 Å². The first-order chi connectivity index (χ1) is 14.3. The van der Waals surface area contributed by atoms with Crippen LogP contribution < -0.4 is 5.32 Å². The number of rotatable bonds is 7. The summed E-state index contributed by atoms with van der Waals surface area (Å²) in [5.74, 6) is 0.0329. The number of para-hydroxylation sites is 2. The zero-order chi connectivity index (χ0) is 20.1. The van der Waals surface area contributed by atoms with E-state index in [0.29, 0.717) is 24.6 Å². The standard InChI is InChI=1S/C25H23NO3/c1-2-28-17-21-20-13-7-9-15-23(20)29-24(21)25(27)26-22-14-8-6-12-19(22)16-18-10-4-3-5-11-18/h3-15H,2,16-17H2,1H3,(H,26,27).